The van der Waals surface area contributed by atoms with Crippen molar-refractivity contribution in [3.8, 4) is 0 Å². The van der Waals surface area contributed by atoms with Crippen LogP contribution >= 0.6 is 11.6 Å². The van der Waals surface area contributed by atoms with Crippen LogP contribution in [0.1, 0.15) is 5.69 Å². The summed E-state index contributed by atoms with van der Waals surface area (Å²) in [6.45, 7) is 1.07. The average molecular weight is 229 g/mol. The van der Waals surface area contributed by atoms with Crippen LogP contribution in [-0.4, -0.2) is 31.1 Å². The lowest BCUT2D eigenvalue weighted by molar-refractivity contribution is 0.208. The van der Waals surface area contributed by atoms with E-state index in [4.69, 9.17) is 22.2 Å². The number of aromatic nitrogens is 1. The van der Waals surface area contributed by atoms with Gasteiger partial charge in [-0.05, 0) is 12.1 Å². The van der Waals surface area contributed by atoms with Crippen molar-refractivity contribution in [2.75, 3.05) is 20.3 Å². The molecule has 0 radical (unpaired) electrons. The lowest BCUT2D eigenvalue weighted by atomic mass is 10.3. The smallest absolute Gasteiger partial charge is 0.161 e. The highest BCUT2D eigenvalue weighted by Gasteiger charge is 2.02. The molecule has 0 saturated heterocycles. The van der Waals surface area contributed by atoms with Crippen LogP contribution in [-0.2, 0) is 4.74 Å². The summed E-state index contributed by atoms with van der Waals surface area (Å²) in [5.74, 6) is 5.85. The van der Waals surface area contributed by atoms with Crippen molar-refractivity contribution in [3.05, 3.63) is 29.0 Å². The summed E-state index contributed by atoms with van der Waals surface area (Å²) in [5.41, 5.74) is 3.14. The van der Waals surface area contributed by atoms with Crippen LogP contribution in [0.5, 0.6) is 0 Å². The van der Waals surface area contributed by atoms with Gasteiger partial charge >= 0.3 is 0 Å². The molecule has 0 aromatic carbocycles. The first-order valence-corrected chi connectivity index (χ1v) is 4.77. The standard InChI is InChI=1S/C9H13ClN4O/c1-15-5-4-12-9(14-11)8-3-2-7(10)6-13-8/h2-3,6H,4-5,11H2,1H3,(H,12,14). The Kier molecular flexibility index (Phi) is 5.03. The zero-order chi connectivity index (χ0) is 11.1. The summed E-state index contributed by atoms with van der Waals surface area (Å²) >= 11 is 5.71. The van der Waals surface area contributed by atoms with E-state index < -0.39 is 0 Å². The Labute approximate surface area is 93.3 Å². The number of aliphatic imine (C=N–C) groups is 1. The van der Waals surface area contributed by atoms with Crippen LogP contribution in [0.15, 0.2) is 23.3 Å². The van der Waals surface area contributed by atoms with Crippen molar-refractivity contribution in [2.24, 2.45) is 10.8 Å². The monoisotopic (exact) mass is 228 g/mol. The molecule has 0 unspecified atom stereocenters. The van der Waals surface area contributed by atoms with Crippen LogP contribution < -0.4 is 11.3 Å². The third kappa shape index (κ3) is 3.83. The lowest BCUT2D eigenvalue weighted by Gasteiger charge is -2.04. The van der Waals surface area contributed by atoms with Crippen LogP contribution in [0.2, 0.25) is 5.02 Å². The largest absolute Gasteiger partial charge is 0.383 e. The third-order valence-electron chi connectivity index (χ3n) is 1.67. The molecule has 0 amide bonds. The van der Waals surface area contributed by atoms with Crippen molar-refractivity contribution < 1.29 is 4.74 Å². The first-order chi connectivity index (χ1) is 7.27. The zero-order valence-corrected chi connectivity index (χ0v) is 9.16. The molecule has 1 aromatic heterocycles. The summed E-state index contributed by atoms with van der Waals surface area (Å²) in [6.07, 6.45) is 1.54. The molecule has 1 aromatic rings. The fourth-order valence-corrected chi connectivity index (χ4v) is 1.08. The van der Waals surface area contributed by atoms with Gasteiger partial charge in [-0.3, -0.25) is 9.98 Å². The number of ether oxygens (including phenoxy) is 1. The van der Waals surface area contributed by atoms with Crippen LogP contribution in [0.25, 0.3) is 0 Å². The molecule has 6 heteroatoms. The van der Waals surface area contributed by atoms with E-state index in [2.05, 4.69) is 15.4 Å². The number of rotatable bonds is 4. The van der Waals surface area contributed by atoms with Gasteiger partial charge in [-0.25, -0.2) is 5.84 Å². The average Bonchev–Trinajstić information content (AvgIpc) is 2.26. The molecule has 5 nitrogen and oxygen atoms in total. The first-order valence-electron chi connectivity index (χ1n) is 4.40. The fourth-order valence-electron chi connectivity index (χ4n) is 0.965. The van der Waals surface area contributed by atoms with Crippen LogP contribution in [0, 0.1) is 0 Å². The molecule has 3 N–H and O–H groups in total. The maximum absolute atomic E-state index is 5.71. The normalized spacial score (nSPS) is 11.5. The Morgan fingerprint density at radius 2 is 2.47 bits per heavy atom. The molecule has 0 aliphatic carbocycles. The second-order valence-corrected chi connectivity index (χ2v) is 3.17. The first kappa shape index (κ1) is 11.9. The number of hydrogen-bond donors (Lipinski definition) is 2. The van der Waals surface area contributed by atoms with Crippen molar-refractivity contribution >= 4 is 17.4 Å². The number of hydrazine groups is 1. The molecule has 1 heterocycles. The highest BCUT2D eigenvalue weighted by atomic mass is 35.5. The van der Waals surface area contributed by atoms with E-state index in [9.17, 15) is 0 Å². The summed E-state index contributed by atoms with van der Waals surface area (Å²) in [5, 5.41) is 0.576. The van der Waals surface area contributed by atoms with Gasteiger partial charge in [0.2, 0.25) is 0 Å². The minimum absolute atomic E-state index is 0.517. The topological polar surface area (TPSA) is 72.5 Å². The molecule has 0 spiro atoms. The van der Waals surface area contributed by atoms with Gasteiger partial charge in [0.05, 0.1) is 18.2 Å². The van der Waals surface area contributed by atoms with Gasteiger partial charge < -0.3 is 10.2 Å². The van der Waals surface area contributed by atoms with Crippen LogP contribution in [0.3, 0.4) is 0 Å². The molecule has 82 valence electrons. The number of hydrogen-bond acceptors (Lipinski definition) is 4. The molecular formula is C9H13ClN4O. The molecule has 0 saturated carbocycles. The minimum atomic E-state index is 0.517. The Morgan fingerprint density at radius 1 is 1.67 bits per heavy atom. The highest BCUT2D eigenvalue weighted by Crippen LogP contribution is 2.06. The van der Waals surface area contributed by atoms with Gasteiger partial charge in [0, 0.05) is 13.3 Å². The van der Waals surface area contributed by atoms with Crippen molar-refractivity contribution in [2.45, 2.75) is 0 Å². The van der Waals surface area contributed by atoms with E-state index in [0.29, 0.717) is 29.7 Å². The van der Waals surface area contributed by atoms with E-state index in [0.717, 1.165) is 0 Å². The minimum Gasteiger partial charge on any atom is -0.383 e. The number of nitrogens with zero attached hydrogens (tertiary/aromatic N) is 2. The number of nitrogens with two attached hydrogens (primary N) is 1. The maximum Gasteiger partial charge on any atom is 0.161 e. The van der Waals surface area contributed by atoms with E-state index in [1.54, 1.807) is 25.4 Å². The quantitative estimate of drug-likeness (QED) is 0.260. The summed E-state index contributed by atoms with van der Waals surface area (Å²) in [7, 11) is 1.62. The molecular weight excluding hydrogens is 216 g/mol. The van der Waals surface area contributed by atoms with Crippen molar-refractivity contribution in [1.29, 1.82) is 0 Å². The van der Waals surface area contributed by atoms with Gasteiger partial charge in [0.25, 0.3) is 0 Å². The molecule has 0 bridgehead atoms. The molecule has 0 aliphatic rings. The number of methoxy groups -OCH3 is 1. The second-order valence-electron chi connectivity index (χ2n) is 2.73. The number of amidine groups is 1. The van der Waals surface area contributed by atoms with Crippen molar-refractivity contribution in [3.63, 3.8) is 0 Å². The number of pyridine rings is 1. The van der Waals surface area contributed by atoms with Crippen molar-refractivity contribution in [1.82, 2.24) is 10.4 Å². The maximum atomic E-state index is 5.71. The Morgan fingerprint density at radius 3 is 3.00 bits per heavy atom. The highest BCUT2D eigenvalue weighted by molar-refractivity contribution is 6.30. The van der Waals surface area contributed by atoms with E-state index in [-0.39, 0.29) is 0 Å². The predicted molar refractivity (Wildman–Crippen MR) is 59.9 cm³/mol. The molecule has 0 fully saturated rings. The van der Waals surface area contributed by atoms with Gasteiger partial charge in [0.1, 0.15) is 5.69 Å². The van der Waals surface area contributed by atoms with Gasteiger partial charge in [-0.15, -0.1) is 0 Å². The molecule has 0 atom stereocenters. The molecule has 0 aliphatic heterocycles. The zero-order valence-electron chi connectivity index (χ0n) is 8.40. The Hall–Kier alpha value is -1.17. The fraction of sp³-hybridized carbons (Fsp3) is 0.333. The summed E-state index contributed by atoms with van der Waals surface area (Å²) in [4.78, 5) is 8.26. The SMILES string of the molecule is COCCN=C(NN)c1ccc(Cl)cn1. The van der Waals surface area contributed by atoms with Crippen LogP contribution in [0.4, 0.5) is 0 Å². The Balaban J connectivity index is 2.73. The predicted octanol–water partition coefficient (Wildman–Crippen LogP) is 0.591. The van der Waals surface area contributed by atoms with E-state index >= 15 is 0 Å². The summed E-state index contributed by atoms with van der Waals surface area (Å²) in [6, 6.07) is 3.47. The van der Waals surface area contributed by atoms with Gasteiger partial charge in [0.15, 0.2) is 5.84 Å². The second kappa shape index (κ2) is 6.34. The summed E-state index contributed by atoms with van der Waals surface area (Å²) < 4.78 is 4.87. The molecule has 1 rings (SSSR count). The Bertz CT molecular complexity index is 325. The third-order valence-corrected chi connectivity index (χ3v) is 1.90. The number of nitrogens with one attached hydrogen (secondary N) is 1. The van der Waals surface area contributed by atoms with Gasteiger partial charge in [-0.1, -0.05) is 11.6 Å². The van der Waals surface area contributed by atoms with E-state index in [1.807, 2.05) is 0 Å². The number of halogens is 1. The molecule has 15 heavy (non-hydrogen) atoms. The lowest BCUT2D eigenvalue weighted by Crippen LogP contribution is -2.32. The van der Waals surface area contributed by atoms with E-state index in [1.165, 1.54) is 0 Å². The van der Waals surface area contributed by atoms with Gasteiger partial charge in [-0.2, -0.15) is 0 Å².